The number of allylic oxidation sites excluding steroid dienone is 1. The monoisotopic (exact) mass is 691 g/mol. The van der Waals surface area contributed by atoms with E-state index in [1.54, 1.807) is 51.5 Å². The first kappa shape index (κ1) is 38.6. The zero-order valence-electron chi connectivity index (χ0n) is 29.1. The third-order valence-electron chi connectivity index (χ3n) is 8.35. The number of ether oxygens (including phenoxy) is 2. The van der Waals surface area contributed by atoms with Crippen LogP contribution in [0.2, 0.25) is 0 Å². The molecule has 0 atom stereocenters. The summed E-state index contributed by atoms with van der Waals surface area (Å²) in [6.45, 7) is 5.91. The summed E-state index contributed by atoms with van der Waals surface area (Å²) in [5, 5.41) is 2.80. The molecule has 0 aliphatic carbocycles. The highest BCUT2D eigenvalue weighted by Gasteiger charge is 2.23. The van der Waals surface area contributed by atoms with E-state index in [0.717, 1.165) is 44.6 Å². The van der Waals surface area contributed by atoms with E-state index in [4.69, 9.17) is 9.47 Å². The lowest BCUT2D eigenvalue weighted by molar-refractivity contribution is 0.0828. The molecule has 0 saturated carbocycles. The van der Waals surface area contributed by atoms with Crippen LogP contribution in [0.25, 0.3) is 0 Å². The van der Waals surface area contributed by atoms with Crippen LogP contribution in [0.3, 0.4) is 0 Å². The Morgan fingerprint density at radius 2 is 1.59 bits per heavy atom. The number of carbonyl (C=O) groups is 3. The van der Waals surface area contributed by atoms with E-state index in [0.29, 0.717) is 47.0 Å². The number of amides is 3. The lowest BCUT2D eigenvalue weighted by Crippen LogP contribution is -2.44. The van der Waals surface area contributed by atoms with Crippen LogP contribution in [0, 0.1) is 6.92 Å². The number of halogens is 1. The standard InChI is InChI=1S/C37H45N5O6.ClH/c1-26-14-17-32(34(23-26)48-22-10-9-11-28(25-43)42-20-18-40(4)19-21-42)41(5)36(45)27-15-16-30(33(24-27)47-6)35(44)38-31-13-8-7-12-29(31)37(46)39(2)3;/h7-8,12-17,23-24H,9-11,18-22H2,1-6H3,(H,38,44);1H. The SMILES string of the molecule is COc1cc(C(=O)N(C)c2ccc(C)cc2OCCCCC(=C=O)N2CCN(C)CC2)ccc1C(=O)Nc1ccccc1C(=O)N(C)C.Cl. The number of hydrogen-bond acceptors (Lipinski definition) is 8. The Bertz CT molecular complexity index is 1680. The van der Waals surface area contributed by atoms with Gasteiger partial charge in [0.15, 0.2) is 0 Å². The fourth-order valence-electron chi connectivity index (χ4n) is 5.46. The van der Waals surface area contributed by atoms with Gasteiger partial charge in [0.1, 0.15) is 17.4 Å². The van der Waals surface area contributed by atoms with Gasteiger partial charge in [0, 0.05) is 52.9 Å². The summed E-state index contributed by atoms with van der Waals surface area (Å²) in [6, 6.07) is 17.0. The highest BCUT2D eigenvalue weighted by molar-refractivity contribution is 6.12. The lowest BCUT2D eigenvalue weighted by atomic mass is 10.1. The molecular weight excluding hydrogens is 646 g/mol. The molecule has 3 amide bonds. The number of aryl methyl sites for hydroxylation is 1. The average molecular weight is 692 g/mol. The van der Waals surface area contributed by atoms with Gasteiger partial charge in [-0.2, -0.15) is 0 Å². The molecule has 11 nitrogen and oxygen atoms in total. The molecule has 4 rings (SSSR count). The van der Waals surface area contributed by atoms with Crippen LogP contribution in [0.4, 0.5) is 11.4 Å². The van der Waals surface area contributed by atoms with Gasteiger partial charge in [0.05, 0.1) is 41.9 Å². The van der Waals surface area contributed by atoms with Gasteiger partial charge in [-0.25, -0.2) is 4.79 Å². The van der Waals surface area contributed by atoms with E-state index in [1.165, 1.54) is 29.0 Å². The second-order valence-electron chi connectivity index (χ2n) is 12.1. The van der Waals surface area contributed by atoms with E-state index in [2.05, 4.69) is 28.1 Å². The van der Waals surface area contributed by atoms with E-state index in [9.17, 15) is 19.2 Å². The molecule has 49 heavy (non-hydrogen) atoms. The number of rotatable bonds is 13. The zero-order chi connectivity index (χ0) is 34.8. The number of unbranched alkanes of at least 4 members (excludes halogenated alkanes) is 1. The Morgan fingerprint density at radius 3 is 2.27 bits per heavy atom. The summed E-state index contributed by atoms with van der Waals surface area (Å²) in [5.41, 5.74) is 3.55. The predicted molar refractivity (Wildman–Crippen MR) is 194 cm³/mol. The fraction of sp³-hybridized carbons (Fsp3) is 0.378. The largest absolute Gasteiger partial charge is 0.496 e. The van der Waals surface area contributed by atoms with Crippen LogP contribution < -0.4 is 19.7 Å². The third-order valence-corrected chi connectivity index (χ3v) is 8.35. The summed E-state index contributed by atoms with van der Waals surface area (Å²) >= 11 is 0. The van der Waals surface area contributed by atoms with Crippen LogP contribution in [0.5, 0.6) is 11.5 Å². The second kappa shape index (κ2) is 18.1. The number of nitrogens with zero attached hydrogens (tertiary/aromatic N) is 4. The minimum atomic E-state index is -0.480. The minimum Gasteiger partial charge on any atom is -0.496 e. The number of piperazine rings is 1. The van der Waals surface area contributed by atoms with E-state index in [-0.39, 0.29) is 35.5 Å². The lowest BCUT2D eigenvalue weighted by Gasteiger charge is -2.34. The molecule has 3 aromatic rings. The first-order chi connectivity index (χ1) is 23.0. The Morgan fingerprint density at radius 1 is 0.878 bits per heavy atom. The number of para-hydroxylation sites is 1. The molecule has 1 N–H and O–H groups in total. The first-order valence-corrected chi connectivity index (χ1v) is 16.0. The molecule has 1 aliphatic rings. The predicted octanol–water partition coefficient (Wildman–Crippen LogP) is 5.17. The fourth-order valence-corrected chi connectivity index (χ4v) is 5.46. The zero-order valence-corrected chi connectivity index (χ0v) is 29.9. The van der Waals surface area contributed by atoms with Crippen molar-refractivity contribution < 1.29 is 28.7 Å². The molecule has 1 fully saturated rings. The molecule has 0 unspecified atom stereocenters. The van der Waals surface area contributed by atoms with Gasteiger partial charge in [0.25, 0.3) is 17.7 Å². The van der Waals surface area contributed by atoms with Crippen molar-refractivity contribution in [2.24, 2.45) is 0 Å². The topological polar surface area (TPSA) is 112 Å². The highest BCUT2D eigenvalue weighted by Crippen LogP contribution is 2.31. The molecule has 262 valence electrons. The van der Waals surface area contributed by atoms with Gasteiger partial charge < -0.3 is 34.4 Å². The Hall–Kier alpha value is -4.83. The molecule has 0 spiro atoms. The maximum absolute atomic E-state index is 13.7. The van der Waals surface area contributed by atoms with Gasteiger partial charge in [-0.15, -0.1) is 12.4 Å². The maximum atomic E-state index is 13.7. The van der Waals surface area contributed by atoms with Crippen molar-refractivity contribution in [1.82, 2.24) is 14.7 Å². The van der Waals surface area contributed by atoms with Gasteiger partial charge in [-0.05, 0) is 81.3 Å². The van der Waals surface area contributed by atoms with Crippen molar-refractivity contribution in [2.75, 3.05) is 78.3 Å². The summed E-state index contributed by atoms with van der Waals surface area (Å²) in [5.74, 6) is 1.88. The first-order valence-electron chi connectivity index (χ1n) is 16.0. The highest BCUT2D eigenvalue weighted by atomic mass is 35.5. The van der Waals surface area contributed by atoms with Crippen molar-refractivity contribution in [3.05, 3.63) is 88.6 Å². The van der Waals surface area contributed by atoms with Crippen molar-refractivity contribution in [3.8, 4) is 11.5 Å². The normalized spacial score (nSPS) is 12.7. The second-order valence-corrected chi connectivity index (χ2v) is 12.1. The smallest absolute Gasteiger partial charge is 0.259 e. The summed E-state index contributed by atoms with van der Waals surface area (Å²) in [7, 11) is 8.46. The van der Waals surface area contributed by atoms with Crippen molar-refractivity contribution >= 4 is 47.4 Å². The van der Waals surface area contributed by atoms with Gasteiger partial charge in [-0.1, -0.05) is 18.2 Å². The molecule has 12 heteroatoms. The van der Waals surface area contributed by atoms with Gasteiger partial charge in [-0.3, -0.25) is 14.4 Å². The number of methoxy groups -OCH3 is 1. The van der Waals surface area contributed by atoms with Crippen LogP contribution in [-0.2, 0) is 4.79 Å². The van der Waals surface area contributed by atoms with Gasteiger partial charge >= 0.3 is 0 Å². The quantitative estimate of drug-likeness (QED) is 0.193. The Balaban J connectivity index is 0.00000650. The number of nitrogens with one attached hydrogen (secondary N) is 1. The summed E-state index contributed by atoms with van der Waals surface area (Å²) in [4.78, 5) is 58.5. The summed E-state index contributed by atoms with van der Waals surface area (Å²) in [6.07, 6.45) is 2.16. The molecule has 0 bridgehead atoms. The van der Waals surface area contributed by atoms with Crippen molar-refractivity contribution in [2.45, 2.75) is 26.2 Å². The molecular formula is C37H46ClN5O6. The van der Waals surface area contributed by atoms with Crippen LogP contribution >= 0.6 is 12.4 Å². The maximum Gasteiger partial charge on any atom is 0.259 e. The Kier molecular flexibility index (Phi) is 14.2. The van der Waals surface area contributed by atoms with Gasteiger partial charge in [0.2, 0.25) is 0 Å². The third kappa shape index (κ3) is 9.85. The van der Waals surface area contributed by atoms with E-state index >= 15 is 0 Å². The van der Waals surface area contributed by atoms with Crippen LogP contribution in [0.15, 0.2) is 66.4 Å². The van der Waals surface area contributed by atoms with Crippen molar-refractivity contribution in [1.29, 1.82) is 0 Å². The molecule has 1 aliphatic heterocycles. The number of carbonyl (C=O) groups excluding carboxylic acids is 4. The van der Waals surface area contributed by atoms with Crippen LogP contribution in [-0.4, -0.2) is 106 Å². The number of benzene rings is 3. The van der Waals surface area contributed by atoms with Crippen molar-refractivity contribution in [3.63, 3.8) is 0 Å². The average Bonchev–Trinajstić information content (AvgIpc) is 3.09. The molecule has 0 radical (unpaired) electrons. The van der Waals surface area contributed by atoms with E-state index < -0.39 is 5.91 Å². The molecule has 0 aromatic heterocycles. The number of likely N-dealkylation sites (N-methyl/N-ethyl adjacent to an activating group) is 1. The Labute approximate surface area is 294 Å². The van der Waals surface area contributed by atoms with E-state index in [1.807, 2.05) is 25.1 Å². The molecule has 1 saturated heterocycles. The number of hydrogen-bond donors (Lipinski definition) is 1. The summed E-state index contributed by atoms with van der Waals surface area (Å²) < 4.78 is 11.7. The molecule has 3 aromatic carbocycles. The minimum absolute atomic E-state index is 0. The number of anilines is 2. The molecule has 1 heterocycles. The van der Waals surface area contributed by atoms with Crippen LogP contribution in [0.1, 0.15) is 55.9 Å².